The molecule has 1 rings (SSSR count). The van der Waals surface area contributed by atoms with Crippen molar-refractivity contribution in [3.8, 4) is 0 Å². The van der Waals surface area contributed by atoms with Crippen molar-refractivity contribution in [2.75, 3.05) is 20.3 Å². The summed E-state index contributed by atoms with van der Waals surface area (Å²) >= 11 is 5.30. The van der Waals surface area contributed by atoms with Crippen LogP contribution in [0.5, 0.6) is 0 Å². The molecule has 0 aliphatic carbocycles. The second-order valence-electron chi connectivity index (χ2n) is 3.98. The molecule has 0 aromatic heterocycles. The Morgan fingerprint density at radius 3 is 2.10 bits per heavy atom. The Labute approximate surface area is 126 Å². The van der Waals surface area contributed by atoms with E-state index >= 15 is 0 Å². The Hall–Kier alpha value is -0.300. The molecule has 0 N–H and O–H groups in total. The quantitative estimate of drug-likeness (QED) is 0.683. The van der Waals surface area contributed by atoms with Gasteiger partial charge in [-0.15, -0.1) is 4.08 Å². The van der Waals surface area contributed by atoms with Crippen molar-refractivity contribution in [3.05, 3.63) is 35.9 Å². The third-order valence-electron chi connectivity index (χ3n) is 2.52. The van der Waals surface area contributed by atoms with Crippen LogP contribution in [-0.2, 0) is 36.6 Å². The molecule has 0 saturated carbocycles. The average Bonchev–Trinajstić information content (AvgIpc) is 2.39. The first kappa shape index (κ1) is 17.8. The van der Waals surface area contributed by atoms with E-state index in [1.165, 1.54) is 7.05 Å². The Morgan fingerprint density at radius 1 is 1.15 bits per heavy atom. The zero-order valence-electron chi connectivity index (χ0n) is 11.9. The Bertz CT molecular complexity index is 552. The van der Waals surface area contributed by atoms with E-state index in [4.69, 9.17) is 20.9 Å². The summed E-state index contributed by atoms with van der Waals surface area (Å²) in [6, 6.07) is 8.95. The molecule has 1 aromatic rings. The van der Waals surface area contributed by atoms with Crippen LogP contribution >= 0.6 is 6.64 Å². The summed E-state index contributed by atoms with van der Waals surface area (Å²) in [4.78, 5) is 0. The van der Waals surface area contributed by atoms with Gasteiger partial charge in [-0.2, -0.15) is 0 Å². The molecular formula is C12H20NO4PS2. The lowest BCUT2D eigenvalue weighted by molar-refractivity contribution is 0.245. The predicted molar refractivity (Wildman–Crippen MR) is 84.4 cm³/mol. The van der Waals surface area contributed by atoms with E-state index in [9.17, 15) is 8.42 Å². The fraction of sp³-hybridized carbons (Fsp3) is 0.500. The Morgan fingerprint density at radius 2 is 1.65 bits per heavy atom. The van der Waals surface area contributed by atoms with Crippen molar-refractivity contribution < 1.29 is 17.5 Å². The monoisotopic (exact) mass is 337 g/mol. The zero-order chi connectivity index (χ0) is 15.2. The molecular weight excluding hydrogens is 317 g/mol. The van der Waals surface area contributed by atoms with Gasteiger partial charge in [0.25, 0.3) is 6.64 Å². The van der Waals surface area contributed by atoms with Gasteiger partial charge in [-0.3, -0.25) is 0 Å². The van der Waals surface area contributed by atoms with Crippen LogP contribution in [0.15, 0.2) is 30.3 Å². The summed E-state index contributed by atoms with van der Waals surface area (Å²) in [6.07, 6.45) is 0. The molecule has 20 heavy (non-hydrogen) atoms. The lowest BCUT2D eigenvalue weighted by Crippen LogP contribution is -2.27. The largest absolute Gasteiger partial charge is 0.317 e. The van der Waals surface area contributed by atoms with Crippen LogP contribution in [0.1, 0.15) is 19.4 Å². The van der Waals surface area contributed by atoms with Crippen LogP contribution < -0.4 is 0 Å². The van der Waals surface area contributed by atoms with Crippen LogP contribution in [0.25, 0.3) is 0 Å². The molecule has 1 aromatic carbocycles. The molecule has 0 spiro atoms. The van der Waals surface area contributed by atoms with Gasteiger partial charge in [0.15, 0.2) is 0 Å². The van der Waals surface area contributed by atoms with Gasteiger partial charge in [0.1, 0.15) is 0 Å². The van der Waals surface area contributed by atoms with Crippen molar-refractivity contribution in [1.82, 2.24) is 4.08 Å². The molecule has 0 unspecified atom stereocenters. The van der Waals surface area contributed by atoms with E-state index in [1.807, 2.05) is 6.07 Å². The highest BCUT2D eigenvalue weighted by Gasteiger charge is 2.34. The normalized spacial score (nSPS) is 12.8. The van der Waals surface area contributed by atoms with Gasteiger partial charge in [-0.1, -0.05) is 30.3 Å². The molecule has 0 aliphatic heterocycles. The minimum atomic E-state index is -3.59. The summed E-state index contributed by atoms with van der Waals surface area (Å²) in [7, 11) is -2.17. The van der Waals surface area contributed by atoms with Gasteiger partial charge in [-0.25, -0.2) is 8.42 Å². The maximum absolute atomic E-state index is 12.4. The van der Waals surface area contributed by atoms with Crippen molar-refractivity contribution in [3.63, 3.8) is 0 Å². The second kappa shape index (κ2) is 7.64. The highest BCUT2D eigenvalue weighted by molar-refractivity contribution is 8.13. The number of nitrogens with zero attached hydrogens (tertiary/aromatic N) is 1. The molecule has 0 atom stereocenters. The fourth-order valence-electron chi connectivity index (χ4n) is 1.56. The molecule has 0 heterocycles. The smallest absolute Gasteiger partial charge is 0.277 e. The predicted octanol–water partition coefficient (Wildman–Crippen LogP) is 2.75. The highest BCUT2D eigenvalue weighted by Crippen LogP contribution is 2.53. The standard InChI is InChI=1S/C12H20NO4PS2/c1-4-16-18(19,17-5-2)13(3)20(14,15)11-12-9-7-6-8-10-12/h6-10H,4-5,11H2,1-3H3. The van der Waals surface area contributed by atoms with Crippen molar-refractivity contribution in [1.29, 1.82) is 0 Å². The number of hydrogen-bond acceptors (Lipinski definition) is 5. The first-order valence-electron chi connectivity index (χ1n) is 6.26. The molecule has 0 amide bonds. The minimum Gasteiger partial charge on any atom is -0.317 e. The summed E-state index contributed by atoms with van der Waals surface area (Å²) in [6.45, 7) is 1.15. The van der Waals surface area contributed by atoms with Gasteiger partial charge >= 0.3 is 0 Å². The summed E-state index contributed by atoms with van der Waals surface area (Å²) in [5.74, 6) is -0.122. The molecule has 0 saturated heterocycles. The van der Waals surface area contributed by atoms with E-state index in [0.717, 1.165) is 4.08 Å². The first-order valence-corrected chi connectivity index (χ1v) is 10.5. The maximum atomic E-state index is 12.4. The van der Waals surface area contributed by atoms with Crippen LogP contribution in [0, 0.1) is 0 Å². The summed E-state index contributed by atoms with van der Waals surface area (Å²) in [5.41, 5.74) is 0.703. The minimum absolute atomic E-state index is 0.122. The molecule has 0 radical (unpaired) electrons. The van der Waals surface area contributed by atoms with Crippen molar-refractivity contribution >= 4 is 28.5 Å². The molecule has 5 nitrogen and oxygen atoms in total. The van der Waals surface area contributed by atoms with Gasteiger partial charge < -0.3 is 9.05 Å². The number of benzene rings is 1. The van der Waals surface area contributed by atoms with E-state index < -0.39 is 16.7 Å². The highest BCUT2D eigenvalue weighted by atomic mass is 32.5. The molecule has 0 aliphatic rings. The molecule has 0 fully saturated rings. The summed E-state index contributed by atoms with van der Waals surface area (Å²) < 4.78 is 36.7. The third-order valence-corrected chi connectivity index (χ3v) is 8.95. The van der Waals surface area contributed by atoms with Gasteiger partial charge in [-0.05, 0) is 31.2 Å². The average molecular weight is 337 g/mol. The first-order chi connectivity index (χ1) is 9.35. The SMILES string of the molecule is CCOP(=S)(OCC)N(C)S(=O)(=O)Cc1ccccc1. The van der Waals surface area contributed by atoms with Crippen LogP contribution in [0.4, 0.5) is 0 Å². The lowest BCUT2D eigenvalue weighted by atomic mass is 10.2. The van der Waals surface area contributed by atoms with Crippen LogP contribution in [0.3, 0.4) is 0 Å². The lowest BCUT2D eigenvalue weighted by Gasteiger charge is -2.29. The van der Waals surface area contributed by atoms with E-state index in [2.05, 4.69) is 0 Å². The number of hydrogen-bond donors (Lipinski definition) is 0. The molecule has 0 bridgehead atoms. The van der Waals surface area contributed by atoms with Crippen molar-refractivity contribution in [2.24, 2.45) is 0 Å². The zero-order valence-corrected chi connectivity index (χ0v) is 14.4. The number of sulfonamides is 1. The van der Waals surface area contributed by atoms with Crippen LogP contribution in [0.2, 0.25) is 0 Å². The topological polar surface area (TPSA) is 55.8 Å². The van der Waals surface area contributed by atoms with Gasteiger partial charge in [0, 0.05) is 7.05 Å². The third kappa shape index (κ3) is 4.62. The Balaban J connectivity index is 2.98. The second-order valence-corrected chi connectivity index (χ2v) is 9.69. The van der Waals surface area contributed by atoms with E-state index in [-0.39, 0.29) is 5.75 Å². The fourth-order valence-corrected chi connectivity index (χ4v) is 6.63. The van der Waals surface area contributed by atoms with Gasteiger partial charge in [0.2, 0.25) is 10.0 Å². The number of rotatable bonds is 8. The Kier molecular flexibility index (Phi) is 6.78. The molecule has 8 heteroatoms. The van der Waals surface area contributed by atoms with E-state index in [0.29, 0.717) is 18.8 Å². The summed E-state index contributed by atoms with van der Waals surface area (Å²) in [5, 5.41) is 0. The van der Waals surface area contributed by atoms with Crippen LogP contribution in [-0.4, -0.2) is 32.8 Å². The maximum Gasteiger partial charge on any atom is 0.277 e. The van der Waals surface area contributed by atoms with Gasteiger partial charge in [0.05, 0.1) is 19.0 Å². The van der Waals surface area contributed by atoms with Crippen molar-refractivity contribution in [2.45, 2.75) is 19.6 Å². The molecule has 114 valence electrons. The van der Waals surface area contributed by atoms with E-state index in [1.54, 1.807) is 38.1 Å².